The highest BCUT2D eigenvalue weighted by Crippen LogP contribution is 2.17. The third-order valence-corrected chi connectivity index (χ3v) is 6.24. The second-order valence-electron chi connectivity index (χ2n) is 8.36. The maximum absolute atomic E-state index is 13.1. The summed E-state index contributed by atoms with van der Waals surface area (Å²) in [6, 6.07) is 12.8. The number of aromatic amines is 1. The molecule has 1 saturated heterocycles. The van der Waals surface area contributed by atoms with E-state index in [4.69, 9.17) is 0 Å². The van der Waals surface area contributed by atoms with E-state index >= 15 is 0 Å². The van der Waals surface area contributed by atoms with Crippen LogP contribution in [0.2, 0.25) is 0 Å². The summed E-state index contributed by atoms with van der Waals surface area (Å²) in [4.78, 5) is 55.9. The van der Waals surface area contributed by atoms with Crippen molar-refractivity contribution in [2.75, 3.05) is 38.0 Å². The van der Waals surface area contributed by atoms with E-state index in [0.717, 1.165) is 17.7 Å². The van der Waals surface area contributed by atoms with Crippen LogP contribution < -0.4 is 16.4 Å². The Morgan fingerprint density at radius 3 is 2.44 bits per heavy atom. The predicted molar refractivity (Wildman–Crippen MR) is 131 cm³/mol. The molecule has 178 valence electrons. The van der Waals surface area contributed by atoms with Gasteiger partial charge in [-0.3, -0.25) is 24.1 Å². The van der Waals surface area contributed by atoms with Gasteiger partial charge in [0.25, 0.3) is 5.91 Å². The summed E-state index contributed by atoms with van der Waals surface area (Å²) in [7, 11) is 0. The fourth-order valence-electron chi connectivity index (χ4n) is 4.36. The lowest BCUT2D eigenvalue weighted by Crippen LogP contribution is -2.50. The second kappa shape index (κ2) is 10.0. The first kappa shape index (κ1) is 23.4. The number of aryl methyl sites for hydroxylation is 2. The molecule has 2 heterocycles. The highest BCUT2D eigenvalue weighted by Gasteiger charge is 2.24. The Balaban J connectivity index is 1.38. The molecule has 1 fully saturated rings. The van der Waals surface area contributed by atoms with Gasteiger partial charge in [-0.25, -0.2) is 0 Å². The first-order chi connectivity index (χ1) is 16.4. The number of fused-ring (bicyclic) bond motifs is 1. The highest BCUT2D eigenvalue weighted by atomic mass is 16.2. The quantitative estimate of drug-likeness (QED) is 0.541. The summed E-state index contributed by atoms with van der Waals surface area (Å²) in [5, 5.41) is 2.99. The van der Waals surface area contributed by atoms with Crippen LogP contribution in [0, 0.1) is 0 Å². The van der Waals surface area contributed by atoms with Crippen LogP contribution in [0.5, 0.6) is 0 Å². The zero-order chi connectivity index (χ0) is 24.2. The van der Waals surface area contributed by atoms with Crippen molar-refractivity contribution in [1.29, 1.82) is 0 Å². The summed E-state index contributed by atoms with van der Waals surface area (Å²) < 4.78 is 1.39. The SMILES string of the molecule is CCc1ccccc1NC(=O)CN1CCN(C(=O)c2ccc3c(c2)[nH]c(=O)c(=O)n3CC)CC1. The highest BCUT2D eigenvalue weighted by molar-refractivity contribution is 5.97. The van der Waals surface area contributed by atoms with Crippen molar-refractivity contribution in [1.82, 2.24) is 19.4 Å². The van der Waals surface area contributed by atoms with Gasteiger partial charge >= 0.3 is 11.1 Å². The maximum atomic E-state index is 13.1. The molecule has 1 aromatic heterocycles. The Labute approximate surface area is 197 Å². The molecule has 34 heavy (non-hydrogen) atoms. The summed E-state index contributed by atoms with van der Waals surface area (Å²) in [6.45, 7) is 6.67. The molecule has 0 saturated carbocycles. The van der Waals surface area contributed by atoms with Gasteiger partial charge in [-0.1, -0.05) is 25.1 Å². The topological polar surface area (TPSA) is 108 Å². The van der Waals surface area contributed by atoms with E-state index in [2.05, 4.69) is 17.2 Å². The molecule has 9 heteroatoms. The number of nitrogens with one attached hydrogen (secondary N) is 2. The van der Waals surface area contributed by atoms with Gasteiger partial charge in [-0.2, -0.15) is 0 Å². The van der Waals surface area contributed by atoms with Crippen molar-refractivity contribution in [2.24, 2.45) is 0 Å². The largest absolute Gasteiger partial charge is 0.336 e. The first-order valence-electron chi connectivity index (χ1n) is 11.6. The Kier molecular flexibility index (Phi) is 6.93. The number of carbonyl (C=O) groups is 2. The Morgan fingerprint density at radius 1 is 1.00 bits per heavy atom. The monoisotopic (exact) mass is 463 g/mol. The van der Waals surface area contributed by atoms with Crippen LogP contribution in [-0.4, -0.2) is 63.9 Å². The van der Waals surface area contributed by atoms with Gasteiger partial charge < -0.3 is 19.8 Å². The van der Waals surface area contributed by atoms with Gasteiger partial charge in [-0.15, -0.1) is 0 Å². The molecule has 0 atom stereocenters. The number of hydrogen-bond acceptors (Lipinski definition) is 5. The first-order valence-corrected chi connectivity index (χ1v) is 11.6. The van der Waals surface area contributed by atoms with Crippen LogP contribution >= 0.6 is 0 Å². The van der Waals surface area contributed by atoms with E-state index in [-0.39, 0.29) is 18.4 Å². The fraction of sp³-hybridized carbons (Fsp3) is 0.360. The normalized spacial score (nSPS) is 14.4. The Bertz CT molecular complexity index is 1340. The molecule has 0 aliphatic carbocycles. The van der Waals surface area contributed by atoms with E-state index in [1.807, 2.05) is 29.2 Å². The fourth-order valence-corrected chi connectivity index (χ4v) is 4.36. The lowest BCUT2D eigenvalue weighted by Gasteiger charge is -2.34. The molecule has 0 spiro atoms. The lowest BCUT2D eigenvalue weighted by atomic mass is 10.1. The summed E-state index contributed by atoms with van der Waals surface area (Å²) in [5.74, 6) is -0.209. The molecule has 0 unspecified atom stereocenters. The molecule has 4 rings (SSSR count). The number of benzene rings is 2. The number of H-pyrrole nitrogens is 1. The molecule has 2 amide bonds. The zero-order valence-electron chi connectivity index (χ0n) is 19.5. The third kappa shape index (κ3) is 4.79. The summed E-state index contributed by atoms with van der Waals surface area (Å²) in [6.07, 6.45) is 0.844. The van der Waals surface area contributed by atoms with E-state index in [1.165, 1.54) is 4.57 Å². The molecule has 2 N–H and O–H groups in total. The van der Waals surface area contributed by atoms with E-state index < -0.39 is 11.1 Å². The number of nitrogens with zero attached hydrogens (tertiary/aromatic N) is 3. The van der Waals surface area contributed by atoms with Crippen LogP contribution in [0.15, 0.2) is 52.1 Å². The van der Waals surface area contributed by atoms with Gasteiger partial charge in [-0.05, 0) is 43.2 Å². The number of para-hydroxylation sites is 1. The Morgan fingerprint density at radius 2 is 1.74 bits per heavy atom. The average Bonchev–Trinajstić information content (AvgIpc) is 2.85. The minimum Gasteiger partial charge on any atom is -0.336 e. The minimum atomic E-state index is -0.701. The van der Waals surface area contributed by atoms with Crippen LogP contribution in [0.25, 0.3) is 11.0 Å². The third-order valence-electron chi connectivity index (χ3n) is 6.24. The van der Waals surface area contributed by atoms with E-state index in [0.29, 0.717) is 49.3 Å². The van der Waals surface area contributed by atoms with Crippen molar-refractivity contribution >= 4 is 28.5 Å². The minimum absolute atomic E-state index is 0.0684. The molecule has 3 aromatic rings. The second-order valence-corrected chi connectivity index (χ2v) is 8.36. The molecule has 9 nitrogen and oxygen atoms in total. The van der Waals surface area contributed by atoms with Crippen molar-refractivity contribution in [3.05, 3.63) is 74.3 Å². The molecule has 0 bridgehead atoms. The van der Waals surface area contributed by atoms with Crippen molar-refractivity contribution in [3.8, 4) is 0 Å². The van der Waals surface area contributed by atoms with Gasteiger partial charge in [0.2, 0.25) is 5.91 Å². The number of carbonyl (C=O) groups excluding carboxylic acids is 2. The average molecular weight is 464 g/mol. The molecular weight excluding hydrogens is 434 g/mol. The molecular formula is C25H29N5O4. The van der Waals surface area contributed by atoms with Crippen molar-refractivity contribution in [2.45, 2.75) is 26.8 Å². The molecule has 1 aliphatic rings. The number of aromatic nitrogens is 2. The van der Waals surface area contributed by atoms with Gasteiger partial charge in [0, 0.05) is 44.0 Å². The van der Waals surface area contributed by atoms with E-state index in [1.54, 1.807) is 30.0 Å². The predicted octanol–water partition coefficient (Wildman–Crippen LogP) is 1.67. The number of piperazine rings is 1. The smallest absolute Gasteiger partial charge is 0.316 e. The van der Waals surface area contributed by atoms with Gasteiger partial charge in [0.05, 0.1) is 17.6 Å². The Hall–Kier alpha value is -3.72. The lowest BCUT2D eigenvalue weighted by molar-refractivity contribution is -0.117. The summed E-state index contributed by atoms with van der Waals surface area (Å²) in [5.41, 5.74) is 2.13. The molecule has 1 aliphatic heterocycles. The standard InChI is InChI=1S/C25H29N5O4/c1-3-17-7-5-6-8-19(17)26-22(31)16-28-11-13-29(14-12-28)24(33)18-9-10-21-20(15-18)27-23(32)25(34)30(21)4-2/h5-10,15H,3-4,11-14,16H2,1-2H3,(H,26,31)(H,27,32). The number of amides is 2. The van der Waals surface area contributed by atoms with Crippen LogP contribution in [0.3, 0.4) is 0 Å². The maximum Gasteiger partial charge on any atom is 0.316 e. The van der Waals surface area contributed by atoms with Crippen molar-refractivity contribution < 1.29 is 9.59 Å². The summed E-state index contributed by atoms with van der Waals surface area (Å²) >= 11 is 0. The van der Waals surface area contributed by atoms with Crippen LogP contribution in [-0.2, 0) is 17.8 Å². The number of hydrogen-bond donors (Lipinski definition) is 2. The van der Waals surface area contributed by atoms with Crippen LogP contribution in [0.4, 0.5) is 5.69 Å². The van der Waals surface area contributed by atoms with Gasteiger partial charge in [0.1, 0.15) is 0 Å². The van der Waals surface area contributed by atoms with Crippen LogP contribution in [0.1, 0.15) is 29.8 Å². The van der Waals surface area contributed by atoms with E-state index in [9.17, 15) is 19.2 Å². The van der Waals surface area contributed by atoms with Gasteiger partial charge in [0.15, 0.2) is 0 Å². The zero-order valence-corrected chi connectivity index (χ0v) is 19.5. The molecule has 0 radical (unpaired) electrons. The van der Waals surface area contributed by atoms with Crippen molar-refractivity contribution in [3.63, 3.8) is 0 Å². The number of rotatable bonds is 6. The molecule has 2 aromatic carbocycles. The number of anilines is 1.